The highest BCUT2D eigenvalue weighted by atomic mass is 16.5. The van der Waals surface area contributed by atoms with Crippen LogP contribution >= 0.6 is 0 Å². The summed E-state index contributed by atoms with van der Waals surface area (Å²) in [6.45, 7) is 1.87. The van der Waals surface area contributed by atoms with Gasteiger partial charge in [-0.2, -0.15) is 0 Å². The Morgan fingerprint density at radius 3 is 2.58 bits per heavy atom. The Morgan fingerprint density at radius 2 is 1.88 bits per heavy atom. The molecule has 5 nitrogen and oxygen atoms in total. The molecule has 3 rings (SSSR count). The van der Waals surface area contributed by atoms with E-state index in [4.69, 9.17) is 9.15 Å². The second kappa shape index (κ2) is 6.58. The molecule has 0 fully saturated rings. The molecule has 5 heteroatoms. The van der Waals surface area contributed by atoms with Gasteiger partial charge in [0.25, 0.3) is 5.91 Å². The number of hydrogen-bond donors (Lipinski definition) is 1. The van der Waals surface area contributed by atoms with Gasteiger partial charge in [0.2, 0.25) is 0 Å². The quantitative estimate of drug-likeness (QED) is 0.800. The molecule has 122 valence electrons. The molecule has 1 atom stereocenters. The van der Waals surface area contributed by atoms with Gasteiger partial charge in [-0.05, 0) is 42.1 Å². The first-order chi connectivity index (χ1) is 11.6. The Bertz CT molecular complexity index is 931. The van der Waals surface area contributed by atoms with Gasteiger partial charge in [0.05, 0.1) is 18.5 Å². The highest BCUT2D eigenvalue weighted by Crippen LogP contribution is 2.20. The third kappa shape index (κ3) is 3.15. The zero-order valence-electron chi connectivity index (χ0n) is 13.4. The van der Waals surface area contributed by atoms with Crippen LogP contribution in [0.3, 0.4) is 0 Å². The molecule has 2 aromatic carbocycles. The summed E-state index contributed by atoms with van der Waals surface area (Å²) in [5.74, 6) is 0.147. The first-order valence-corrected chi connectivity index (χ1v) is 7.56. The summed E-state index contributed by atoms with van der Waals surface area (Å²) in [6.07, 6.45) is 0. The summed E-state index contributed by atoms with van der Waals surface area (Å²) < 4.78 is 10.3. The minimum Gasteiger partial charge on any atom is -0.497 e. The fourth-order valence-corrected chi connectivity index (χ4v) is 2.50. The molecule has 0 aliphatic rings. The molecule has 1 aromatic heterocycles. The summed E-state index contributed by atoms with van der Waals surface area (Å²) in [7, 11) is 1.54. The van der Waals surface area contributed by atoms with Crippen LogP contribution < -0.4 is 15.7 Å². The van der Waals surface area contributed by atoms with E-state index in [9.17, 15) is 9.59 Å². The fourth-order valence-electron chi connectivity index (χ4n) is 2.50. The molecule has 0 saturated carbocycles. The van der Waals surface area contributed by atoms with Crippen LogP contribution in [-0.4, -0.2) is 13.0 Å². The second-order valence-corrected chi connectivity index (χ2v) is 5.46. The lowest BCUT2D eigenvalue weighted by atomic mass is 10.1. The van der Waals surface area contributed by atoms with Crippen molar-refractivity contribution in [1.29, 1.82) is 0 Å². The molecule has 1 amide bonds. The average Bonchev–Trinajstić information content (AvgIpc) is 2.61. The lowest BCUT2D eigenvalue weighted by Gasteiger charge is -2.13. The van der Waals surface area contributed by atoms with Crippen molar-refractivity contribution in [3.63, 3.8) is 0 Å². The Balaban J connectivity index is 1.91. The first-order valence-electron chi connectivity index (χ1n) is 7.56. The topological polar surface area (TPSA) is 68.5 Å². The van der Waals surface area contributed by atoms with E-state index >= 15 is 0 Å². The van der Waals surface area contributed by atoms with Gasteiger partial charge in [0.1, 0.15) is 5.75 Å². The molecule has 0 saturated heterocycles. The van der Waals surface area contributed by atoms with Gasteiger partial charge >= 0.3 is 5.63 Å². The third-order valence-electron chi connectivity index (χ3n) is 3.84. The molecular formula is C19H17NO4. The molecule has 0 bridgehead atoms. The zero-order valence-corrected chi connectivity index (χ0v) is 13.4. The van der Waals surface area contributed by atoms with Crippen LogP contribution in [0.2, 0.25) is 0 Å². The van der Waals surface area contributed by atoms with Crippen molar-refractivity contribution in [2.45, 2.75) is 13.0 Å². The third-order valence-corrected chi connectivity index (χ3v) is 3.84. The Labute approximate surface area is 138 Å². The van der Waals surface area contributed by atoms with E-state index in [1.807, 2.05) is 37.3 Å². The largest absolute Gasteiger partial charge is 0.497 e. The predicted molar refractivity (Wildman–Crippen MR) is 91.4 cm³/mol. The molecule has 1 heterocycles. The summed E-state index contributed by atoms with van der Waals surface area (Å²) in [5.41, 5.74) is 0.420. The fraction of sp³-hybridized carbons (Fsp3) is 0.158. The number of amides is 1. The zero-order chi connectivity index (χ0) is 17.1. The van der Waals surface area contributed by atoms with Crippen molar-refractivity contribution in [2.24, 2.45) is 0 Å². The maximum absolute atomic E-state index is 12.4. The van der Waals surface area contributed by atoms with E-state index in [0.717, 1.165) is 5.56 Å². The number of nitrogens with one attached hydrogen (secondary N) is 1. The maximum atomic E-state index is 12.4. The van der Waals surface area contributed by atoms with Crippen molar-refractivity contribution >= 4 is 16.7 Å². The molecule has 0 aliphatic carbocycles. The van der Waals surface area contributed by atoms with Gasteiger partial charge in [-0.1, -0.05) is 30.3 Å². The minimum absolute atomic E-state index is 0.0245. The number of hydrogen-bond acceptors (Lipinski definition) is 4. The van der Waals surface area contributed by atoms with Crippen LogP contribution in [0.25, 0.3) is 10.8 Å². The number of ether oxygens (including phenoxy) is 1. The van der Waals surface area contributed by atoms with Gasteiger partial charge in [-0.25, -0.2) is 4.79 Å². The minimum atomic E-state index is -0.548. The summed E-state index contributed by atoms with van der Waals surface area (Å²) in [4.78, 5) is 24.5. The van der Waals surface area contributed by atoms with Gasteiger partial charge in [0, 0.05) is 0 Å². The summed E-state index contributed by atoms with van der Waals surface area (Å²) in [5, 5.41) is 3.84. The van der Waals surface area contributed by atoms with Crippen LogP contribution in [0.15, 0.2) is 63.8 Å². The van der Waals surface area contributed by atoms with Gasteiger partial charge < -0.3 is 14.5 Å². The van der Waals surface area contributed by atoms with Gasteiger partial charge in [-0.3, -0.25) is 4.79 Å². The lowest BCUT2D eigenvalue weighted by molar-refractivity contribution is 0.0908. The van der Waals surface area contributed by atoms with Crippen LogP contribution in [0, 0.1) is 0 Å². The molecule has 24 heavy (non-hydrogen) atoms. The highest BCUT2D eigenvalue weighted by Gasteiger charge is 2.15. The van der Waals surface area contributed by atoms with Crippen molar-refractivity contribution in [3.05, 3.63) is 76.3 Å². The van der Waals surface area contributed by atoms with E-state index in [0.29, 0.717) is 16.5 Å². The SMILES string of the molecule is COc1ccc2c(=O)oc(C(=O)N[C@@H](C)c3ccccc3)cc2c1. The van der Waals surface area contributed by atoms with Crippen LogP contribution in [-0.2, 0) is 0 Å². The standard InChI is InChI=1S/C19H17NO4/c1-12(13-6-4-3-5-7-13)20-18(21)17-11-14-10-15(23-2)8-9-16(14)19(22)24-17/h3-12H,1-2H3,(H,20,21)/t12-/m0/s1. The van der Waals surface area contributed by atoms with E-state index in [-0.39, 0.29) is 11.8 Å². The number of methoxy groups -OCH3 is 1. The second-order valence-electron chi connectivity index (χ2n) is 5.46. The molecule has 0 spiro atoms. The first kappa shape index (κ1) is 15.8. The van der Waals surface area contributed by atoms with Gasteiger partial charge in [0.15, 0.2) is 5.76 Å². The monoisotopic (exact) mass is 323 g/mol. The van der Waals surface area contributed by atoms with Crippen LogP contribution in [0.1, 0.15) is 29.1 Å². The molecule has 1 N–H and O–H groups in total. The number of carbonyl (C=O) groups is 1. The van der Waals surface area contributed by atoms with Crippen LogP contribution in [0.5, 0.6) is 5.75 Å². The van der Waals surface area contributed by atoms with E-state index in [2.05, 4.69) is 5.32 Å². The van der Waals surface area contributed by atoms with E-state index in [1.54, 1.807) is 31.4 Å². The van der Waals surface area contributed by atoms with Gasteiger partial charge in [-0.15, -0.1) is 0 Å². The molecule has 0 unspecified atom stereocenters. The summed E-state index contributed by atoms with van der Waals surface area (Å²) in [6, 6.07) is 15.9. The molecule has 0 radical (unpaired) electrons. The van der Waals surface area contributed by atoms with E-state index < -0.39 is 11.5 Å². The Morgan fingerprint density at radius 1 is 1.12 bits per heavy atom. The number of benzene rings is 2. The van der Waals surface area contributed by atoms with E-state index in [1.165, 1.54) is 0 Å². The number of rotatable bonds is 4. The molecular weight excluding hydrogens is 306 g/mol. The molecule has 3 aromatic rings. The van der Waals surface area contributed by atoms with Crippen LogP contribution in [0.4, 0.5) is 0 Å². The Kier molecular flexibility index (Phi) is 4.33. The molecule has 0 aliphatic heterocycles. The van der Waals surface area contributed by atoms with Crippen molar-refractivity contribution in [2.75, 3.05) is 7.11 Å². The van der Waals surface area contributed by atoms with Crippen molar-refractivity contribution < 1.29 is 13.9 Å². The predicted octanol–water partition coefficient (Wildman–Crippen LogP) is 3.29. The normalized spacial score (nSPS) is 11.9. The van der Waals surface area contributed by atoms with Crippen molar-refractivity contribution in [1.82, 2.24) is 5.32 Å². The number of fused-ring (bicyclic) bond motifs is 1. The average molecular weight is 323 g/mol. The smallest absolute Gasteiger partial charge is 0.344 e. The lowest BCUT2D eigenvalue weighted by Crippen LogP contribution is -2.27. The Hall–Kier alpha value is -3.08. The van der Waals surface area contributed by atoms with Crippen molar-refractivity contribution in [3.8, 4) is 5.75 Å². The maximum Gasteiger partial charge on any atom is 0.344 e. The number of carbonyl (C=O) groups excluding carboxylic acids is 1. The summed E-state index contributed by atoms with van der Waals surface area (Å²) >= 11 is 0. The highest BCUT2D eigenvalue weighted by molar-refractivity contribution is 5.95.